The van der Waals surface area contributed by atoms with E-state index in [0.717, 1.165) is 0 Å². The van der Waals surface area contributed by atoms with E-state index in [1.54, 1.807) is 73.3 Å². The summed E-state index contributed by atoms with van der Waals surface area (Å²) in [5.74, 6) is 0.743. The van der Waals surface area contributed by atoms with Crippen molar-refractivity contribution in [3.63, 3.8) is 0 Å². The summed E-state index contributed by atoms with van der Waals surface area (Å²) < 4.78 is 0. The standard InChI is InChI=1S/C6H6O.3C5H5NO.CH4/c7-6-4-2-1-3-5-6;7-5-1-3-6-4-2-5;2*7-5-2-1-3-6-4-5;/h1-5,7H;1-4H,(H,6,7);2*1-4,7H;1H4. The van der Waals surface area contributed by atoms with Crippen LogP contribution in [-0.2, 0) is 0 Å². The number of aromatic amines is 1. The Morgan fingerprint density at radius 1 is 0.621 bits per heavy atom. The van der Waals surface area contributed by atoms with E-state index in [2.05, 4.69) is 15.0 Å². The Kier molecular flexibility index (Phi) is 13.8. The predicted octanol–water partition coefficient (Wildman–Crippen LogP) is 3.98. The summed E-state index contributed by atoms with van der Waals surface area (Å²) in [4.78, 5) is 20.3. The molecule has 0 aliphatic carbocycles. The monoisotopic (exact) mass is 395 g/mol. The topological polar surface area (TPSA) is 119 Å². The Bertz CT molecular complexity index is 812. The van der Waals surface area contributed by atoms with Crippen LogP contribution in [-0.4, -0.2) is 30.3 Å². The van der Waals surface area contributed by atoms with Gasteiger partial charge in [-0.3, -0.25) is 14.8 Å². The highest BCUT2D eigenvalue weighted by Crippen LogP contribution is 2.03. The Balaban J connectivity index is 0.000000356. The van der Waals surface area contributed by atoms with Crippen molar-refractivity contribution in [2.24, 2.45) is 0 Å². The molecule has 0 saturated heterocycles. The van der Waals surface area contributed by atoms with E-state index in [-0.39, 0.29) is 24.4 Å². The summed E-state index contributed by atoms with van der Waals surface area (Å²) in [5, 5.41) is 25.8. The van der Waals surface area contributed by atoms with E-state index >= 15 is 0 Å². The second-order valence-electron chi connectivity index (χ2n) is 4.99. The molecular weight excluding hydrogens is 370 g/mol. The van der Waals surface area contributed by atoms with Gasteiger partial charge in [-0.25, -0.2) is 0 Å². The minimum Gasteiger partial charge on any atom is -0.508 e. The normalized spacial score (nSPS) is 8.28. The number of aromatic nitrogens is 3. The van der Waals surface area contributed by atoms with Gasteiger partial charge in [0, 0.05) is 36.9 Å². The molecule has 3 heterocycles. The van der Waals surface area contributed by atoms with Crippen molar-refractivity contribution in [3.8, 4) is 17.2 Å². The van der Waals surface area contributed by atoms with Gasteiger partial charge in [-0.2, -0.15) is 0 Å². The fraction of sp³-hybridized carbons (Fsp3) is 0.0455. The zero-order valence-corrected chi connectivity index (χ0v) is 15.0. The van der Waals surface area contributed by atoms with E-state index in [1.165, 1.54) is 24.5 Å². The zero-order valence-electron chi connectivity index (χ0n) is 15.0. The van der Waals surface area contributed by atoms with Crippen LogP contribution < -0.4 is 5.43 Å². The van der Waals surface area contributed by atoms with Crippen LogP contribution in [0, 0.1) is 0 Å². The van der Waals surface area contributed by atoms with E-state index < -0.39 is 0 Å². The largest absolute Gasteiger partial charge is 0.508 e. The van der Waals surface area contributed by atoms with Crippen molar-refractivity contribution in [2.75, 3.05) is 0 Å². The number of nitrogens with zero attached hydrogens (tertiary/aromatic N) is 2. The molecule has 4 aromatic rings. The molecule has 0 atom stereocenters. The molecule has 0 radical (unpaired) electrons. The lowest BCUT2D eigenvalue weighted by Crippen LogP contribution is -1.92. The van der Waals surface area contributed by atoms with Gasteiger partial charge in [0.25, 0.3) is 0 Å². The first-order chi connectivity index (χ1) is 13.6. The molecule has 7 heteroatoms. The molecule has 0 fully saturated rings. The van der Waals surface area contributed by atoms with Gasteiger partial charge in [-0.05, 0) is 36.4 Å². The van der Waals surface area contributed by atoms with Crippen molar-refractivity contribution < 1.29 is 15.3 Å². The molecule has 0 aliphatic rings. The second-order valence-corrected chi connectivity index (χ2v) is 4.99. The van der Waals surface area contributed by atoms with Crippen molar-refractivity contribution >= 4 is 0 Å². The van der Waals surface area contributed by atoms with Crippen LogP contribution in [0.3, 0.4) is 0 Å². The van der Waals surface area contributed by atoms with Crippen LogP contribution in [0.15, 0.2) is 109 Å². The fourth-order valence-corrected chi connectivity index (χ4v) is 1.51. The minimum absolute atomic E-state index is 0. The third-order valence-corrected chi connectivity index (χ3v) is 2.74. The summed E-state index contributed by atoms with van der Waals surface area (Å²) in [6.07, 6.45) is 9.20. The molecule has 0 aliphatic heterocycles. The highest BCUT2D eigenvalue weighted by Gasteiger charge is 1.77. The van der Waals surface area contributed by atoms with Crippen LogP contribution in [0.25, 0.3) is 0 Å². The van der Waals surface area contributed by atoms with Crippen molar-refractivity contribution in [2.45, 2.75) is 7.43 Å². The summed E-state index contributed by atoms with van der Waals surface area (Å²) >= 11 is 0. The Hall–Kier alpha value is -4.13. The average molecular weight is 395 g/mol. The van der Waals surface area contributed by atoms with E-state index in [4.69, 9.17) is 15.3 Å². The molecule has 4 N–H and O–H groups in total. The van der Waals surface area contributed by atoms with Crippen LogP contribution in [0.4, 0.5) is 0 Å². The van der Waals surface area contributed by atoms with E-state index in [0.29, 0.717) is 5.75 Å². The zero-order chi connectivity index (χ0) is 20.5. The molecule has 4 rings (SSSR count). The number of H-pyrrole nitrogens is 1. The Morgan fingerprint density at radius 2 is 1.07 bits per heavy atom. The molecule has 0 amide bonds. The van der Waals surface area contributed by atoms with Crippen LogP contribution in [0.5, 0.6) is 17.2 Å². The quantitative estimate of drug-likeness (QED) is 0.358. The molecule has 0 spiro atoms. The maximum Gasteiger partial charge on any atom is 0.181 e. The third kappa shape index (κ3) is 14.7. The molecular formula is C22H25N3O4. The van der Waals surface area contributed by atoms with Gasteiger partial charge in [0.05, 0.1) is 12.4 Å². The number of para-hydroxylation sites is 1. The highest BCUT2D eigenvalue weighted by molar-refractivity contribution is 5.18. The number of phenolic OH excluding ortho intramolecular Hbond substituents is 1. The van der Waals surface area contributed by atoms with Gasteiger partial charge < -0.3 is 20.3 Å². The highest BCUT2D eigenvalue weighted by atomic mass is 16.3. The van der Waals surface area contributed by atoms with Gasteiger partial charge in [-0.1, -0.05) is 25.6 Å². The first kappa shape index (κ1) is 24.9. The van der Waals surface area contributed by atoms with Crippen molar-refractivity contribution in [1.82, 2.24) is 15.0 Å². The smallest absolute Gasteiger partial charge is 0.181 e. The number of hydrogen-bond acceptors (Lipinski definition) is 6. The molecule has 1 aromatic carbocycles. The number of phenols is 1. The maximum atomic E-state index is 10.2. The Morgan fingerprint density at radius 3 is 1.28 bits per heavy atom. The molecule has 7 nitrogen and oxygen atoms in total. The van der Waals surface area contributed by atoms with Crippen LogP contribution in [0.1, 0.15) is 7.43 Å². The van der Waals surface area contributed by atoms with Gasteiger partial charge in [0.15, 0.2) is 5.43 Å². The summed E-state index contributed by atoms with van der Waals surface area (Å²) in [5.41, 5.74) is 0.0405. The average Bonchev–Trinajstić information content (AvgIpc) is 2.72. The van der Waals surface area contributed by atoms with E-state index in [1.807, 2.05) is 6.07 Å². The molecule has 3 aromatic heterocycles. The van der Waals surface area contributed by atoms with Crippen molar-refractivity contribution in [3.05, 3.63) is 114 Å². The van der Waals surface area contributed by atoms with Gasteiger partial charge >= 0.3 is 0 Å². The predicted molar refractivity (Wildman–Crippen MR) is 114 cm³/mol. The first-order valence-corrected chi connectivity index (χ1v) is 8.13. The fourth-order valence-electron chi connectivity index (χ4n) is 1.51. The Labute approximate surface area is 169 Å². The third-order valence-electron chi connectivity index (χ3n) is 2.74. The maximum absolute atomic E-state index is 10.2. The molecule has 29 heavy (non-hydrogen) atoms. The summed E-state index contributed by atoms with van der Waals surface area (Å²) in [6.45, 7) is 0. The number of benzene rings is 1. The van der Waals surface area contributed by atoms with Crippen molar-refractivity contribution in [1.29, 1.82) is 0 Å². The molecule has 152 valence electrons. The van der Waals surface area contributed by atoms with Gasteiger partial charge in [0.2, 0.25) is 0 Å². The molecule has 0 unspecified atom stereocenters. The lowest BCUT2D eigenvalue weighted by Gasteiger charge is -1.82. The number of pyridine rings is 3. The number of hydrogen-bond donors (Lipinski definition) is 4. The summed E-state index contributed by atoms with van der Waals surface area (Å²) in [7, 11) is 0. The lowest BCUT2D eigenvalue weighted by atomic mass is 10.3. The second kappa shape index (κ2) is 16.1. The molecule has 0 bridgehead atoms. The minimum atomic E-state index is 0. The summed E-state index contributed by atoms with van der Waals surface area (Å²) in [6, 6.07) is 18.2. The van der Waals surface area contributed by atoms with Crippen LogP contribution in [0.2, 0.25) is 0 Å². The number of nitrogens with one attached hydrogen (secondary N) is 1. The molecule has 0 saturated carbocycles. The first-order valence-electron chi connectivity index (χ1n) is 8.13. The van der Waals surface area contributed by atoms with E-state index in [9.17, 15) is 4.79 Å². The van der Waals surface area contributed by atoms with Gasteiger partial charge in [0.1, 0.15) is 17.2 Å². The number of aromatic hydroxyl groups is 3. The number of rotatable bonds is 0. The van der Waals surface area contributed by atoms with Gasteiger partial charge in [-0.15, -0.1) is 0 Å². The lowest BCUT2D eigenvalue weighted by molar-refractivity contribution is 0.472. The SMILES string of the molecule is C.O=c1cc[nH]cc1.Oc1ccccc1.Oc1cccnc1.Oc1cccnc1. The van der Waals surface area contributed by atoms with Crippen LogP contribution >= 0.6 is 0 Å².